The normalized spacial score (nSPS) is 13.9. The van der Waals surface area contributed by atoms with Crippen LogP contribution < -0.4 is 5.32 Å². The lowest BCUT2D eigenvalue weighted by molar-refractivity contribution is -0.125. The number of Topliss-reactive ketones (excluding diaryl/α,β-unsaturated/α-hetero) is 1. The van der Waals surface area contributed by atoms with Gasteiger partial charge in [0.2, 0.25) is 5.91 Å². The molecule has 0 saturated carbocycles. The second kappa shape index (κ2) is 5.82. The van der Waals surface area contributed by atoms with Crippen LogP contribution in [0.4, 0.5) is 13.2 Å². The Bertz CT molecular complexity index is 537. The summed E-state index contributed by atoms with van der Waals surface area (Å²) in [7, 11) is 0. The summed E-state index contributed by atoms with van der Waals surface area (Å²) in [5.74, 6) is -2.51. The molecule has 0 spiro atoms. The van der Waals surface area contributed by atoms with E-state index in [1.165, 1.54) is 6.92 Å². The Morgan fingerprint density at radius 3 is 2.43 bits per heavy atom. The Balaban J connectivity index is 2.86. The molecule has 0 aliphatic carbocycles. The summed E-state index contributed by atoms with van der Waals surface area (Å²) in [6.07, 6.45) is -3.52. The average Bonchev–Trinajstić information content (AvgIpc) is 2.84. The third kappa shape index (κ3) is 4.27. The molecule has 0 aliphatic rings. The molecule has 1 amide bonds. The lowest BCUT2D eigenvalue weighted by Crippen LogP contribution is -2.45. The number of hydrogen-bond acceptors (Lipinski definition) is 4. The first-order valence-corrected chi connectivity index (χ1v) is 6.33. The van der Waals surface area contributed by atoms with Gasteiger partial charge in [-0.2, -0.15) is 13.2 Å². The number of amides is 1. The number of hydrogen-bond donors (Lipinski definition) is 1. The van der Waals surface area contributed by atoms with Crippen molar-refractivity contribution >= 4 is 11.7 Å². The number of rotatable bonds is 5. The first-order chi connectivity index (χ1) is 9.48. The van der Waals surface area contributed by atoms with Crippen LogP contribution in [0, 0.1) is 0 Å². The van der Waals surface area contributed by atoms with E-state index in [1.807, 2.05) is 20.8 Å². The Labute approximate surface area is 119 Å². The van der Waals surface area contributed by atoms with Gasteiger partial charge in [0.1, 0.15) is 6.04 Å². The van der Waals surface area contributed by atoms with Crippen molar-refractivity contribution in [3.63, 3.8) is 0 Å². The standard InChI is InChI=1S/C12H17F3N4O2/c1-5-11(3,4)16-10(21)7(2)19-6-8(17-18-19)9(20)12(13,14)15/h6-7H,5H2,1-4H3,(H,16,21). The van der Waals surface area contributed by atoms with Gasteiger partial charge in [-0.25, -0.2) is 4.68 Å². The van der Waals surface area contributed by atoms with Crippen LogP contribution in [0.1, 0.15) is 50.6 Å². The van der Waals surface area contributed by atoms with E-state index in [0.717, 1.165) is 10.9 Å². The summed E-state index contributed by atoms with van der Waals surface area (Å²) in [6.45, 7) is 6.98. The van der Waals surface area contributed by atoms with E-state index < -0.39 is 35.1 Å². The first kappa shape index (κ1) is 17.1. The molecule has 1 aromatic heterocycles. The number of carbonyl (C=O) groups excluding carboxylic acids is 2. The summed E-state index contributed by atoms with van der Waals surface area (Å²) >= 11 is 0. The molecule has 21 heavy (non-hydrogen) atoms. The number of ketones is 1. The molecule has 1 aromatic rings. The molecule has 1 N–H and O–H groups in total. The minimum Gasteiger partial charge on any atom is -0.349 e. The number of alkyl halides is 3. The fourth-order valence-corrected chi connectivity index (χ4v) is 1.36. The molecule has 0 aromatic carbocycles. The van der Waals surface area contributed by atoms with E-state index in [4.69, 9.17) is 0 Å². The maximum Gasteiger partial charge on any atom is 0.456 e. The number of aromatic nitrogens is 3. The van der Waals surface area contributed by atoms with E-state index in [0.29, 0.717) is 6.42 Å². The minimum absolute atomic E-state index is 0.419. The minimum atomic E-state index is -5.02. The molecule has 1 atom stereocenters. The molecular weight excluding hydrogens is 289 g/mol. The van der Waals surface area contributed by atoms with Gasteiger partial charge in [0, 0.05) is 5.54 Å². The van der Waals surface area contributed by atoms with Crippen LogP contribution in [0.2, 0.25) is 0 Å². The summed E-state index contributed by atoms with van der Waals surface area (Å²) < 4.78 is 37.7. The molecule has 6 nitrogen and oxygen atoms in total. The van der Waals surface area contributed by atoms with Crippen molar-refractivity contribution in [3.8, 4) is 0 Å². The third-order valence-electron chi connectivity index (χ3n) is 3.12. The molecular formula is C12H17F3N4O2. The first-order valence-electron chi connectivity index (χ1n) is 6.33. The fourth-order valence-electron chi connectivity index (χ4n) is 1.36. The molecule has 1 unspecified atom stereocenters. The van der Waals surface area contributed by atoms with Crippen LogP contribution in [-0.4, -0.2) is 38.4 Å². The van der Waals surface area contributed by atoms with E-state index in [1.54, 1.807) is 0 Å². The number of nitrogens with one attached hydrogen (secondary N) is 1. The summed E-state index contributed by atoms with van der Waals surface area (Å²) in [6, 6.07) is -0.877. The van der Waals surface area contributed by atoms with Gasteiger partial charge in [-0.1, -0.05) is 12.1 Å². The lowest BCUT2D eigenvalue weighted by Gasteiger charge is -2.26. The SMILES string of the molecule is CCC(C)(C)NC(=O)C(C)n1cc(C(=O)C(F)(F)F)nn1. The van der Waals surface area contributed by atoms with Crippen molar-refractivity contribution in [1.82, 2.24) is 20.3 Å². The lowest BCUT2D eigenvalue weighted by atomic mass is 10.0. The number of nitrogens with zero attached hydrogens (tertiary/aromatic N) is 3. The van der Waals surface area contributed by atoms with Crippen LogP contribution in [0.15, 0.2) is 6.20 Å². The molecule has 0 saturated heterocycles. The van der Waals surface area contributed by atoms with E-state index in [2.05, 4.69) is 15.6 Å². The van der Waals surface area contributed by atoms with Gasteiger partial charge in [-0.15, -0.1) is 5.10 Å². The second-order valence-corrected chi connectivity index (χ2v) is 5.31. The van der Waals surface area contributed by atoms with Gasteiger partial charge in [-0.3, -0.25) is 9.59 Å². The van der Waals surface area contributed by atoms with Gasteiger partial charge < -0.3 is 5.32 Å². The van der Waals surface area contributed by atoms with E-state index in [-0.39, 0.29) is 0 Å². The van der Waals surface area contributed by atoms with Crippen LogP contribution in [0.5, 0.6) is 0 Å². The highest BCUT2D eigenvalue weighted by atomic mass is 19.4. The topological polar surface area (TPSA) is 76.9 Å². The summed E-state index contributed by atoms with van der Waals surface area (Å²) in [5.41, 5.74) is -1.28. The van der Waals surface area contributed by atoms with Crippen LogP contribution in [-0.2, 0) is 4.79 Å². The van der Waals surface area contributed by atoms with Crippen molar-refractivity contribution in [2.45, 2.75) is 51.9 Å². The van der Waals surface area contributed by atoms with Crippen LogP contribution in [0.3, 0.4) is 0 Å². The van der Waals surface area contributed by atoms with Crippen molar-refractivity contribution < 1.29 is 22.8 Å². The molecule has 1 rings (SSSR count). The van der Waals surface area contributed by atoms with E-state index >= 15 is 0 Å². The van der Waals surface area contributed by atoms with Crippen LogP contribution >= 0.6 is 0 Å². The molecule has 0 radical (unpaired) electrons. The Kier molecular flexibility index (Phi) is 4.75. The summed E-state index contributed by atoms with van der Waals surface area (Å²) in [4.78, 5) is 23.0. The second-order valence-electron chi connectivity index (χ2n) is 5.31. The molecule has 9 heteroatoms. The highest BCUT2D eigenvalue weighted by Crippen LogP contribution is 2.20. The molecule has 118 valence electrons. The van der Waals surface area contributed by atoms with Crippen molar-refractivity contribution in [3.05, 3.63) is 11.9 Å². The predicted octanol–water partition coefficient (Wildman–Crippen LogP) is 1.89. The number of halogens is 3. The van der Waals surface area contributed by atoms with Gasteiger partial charge in [0.15, 0.2) is 5.69 Å². The zero-order valence-electron chi connectivity index (χ0n) is 12.2. The van der Waals surface area contributed by atoms with E-state index in [9.17, 15) is 22.8 Å². The largest absolute Gasteiger partial charge is 0.456 e. The van der Waals surface area contributed by atoms with Crippen LogP contribution in [0.25, 0.3) is 0 Å². The maximum absolute atomic E-state index is 12.3. The third-order valence-corrected chi connectivity index (χ3v) is 3.12. The van der Waals surface area contributed by atoms with Crippen molar-refractivity contribution in [1.29, 1.82) is 0 Å². The molecule has 0 aliphatic heterocycles. The highest BCUT2D eigenvalue weighted by molar-refractivity contribution is 5.98. The van der Waals surface area contributed by atoms with Gasteiger partial charge in [-0.05, 0) is 27.2 Å². The van der Waals surface area contributed by atoms with Crippen molar-refractivity contribution in [2.75, 3.05) is 0 Å². The van der Waals surface area contributed by atoms with Gasteiger partial charge >= 0.3 is 6.18 Å². The average molecular weight is 306 g/mol. The quantitative estimate of drug-likeness (QED) is 0.843. The summed E-state index contributed by atoms with van der Waals surface area (Å²) in [5, 5.41) is 9.32. The van der Waals surface area contributed by atoms with Gasteiger partial charge in [0.25, 0.3) is 5.78 Å². The fraction of sp³-hybridized carbons (Fsp3) is 0.667. The van der Waals surface area contributed by atoms with Gasteiger partial charge in [0.05, 0.1) is 6.20 Å². The molecule has 1 heterocycles. The Morgan fingerprint density at radius 2 is 1.95 bits per heavy atom. The zero-order chi connectivity index (χ0) is 16.4. The Hall–Kier alpha value is -1.93. The molecule has 0 bridgehead atoms. The number of carbonyl (C=O) groups is 2. The Morgan fingerprint density at radius 1 is 1.38 bits per heavy atom. The monoisotopic (exact) mass is 306 g/mol. The molecule has 0 fully saturated rings. The zero-order valence-corrected chi connectivity index (χ0v) is 12.2. The predicted molar refractivity (Wildman–Crippen MR) is 67.6 cm³/mol. The smallest absolute Gasteiger partial charge is 0.349 e. The highest BCUT2D eigenvalue weighted by Gasteiger charge is 2.41. The maximum atomic E-state index is 12.3. The van der Waals surface area contributed by atoms with Crippen molar-refractivity contribution in [2.24, 2.45) is 0 Å².